The van der Waals surface area contributed by atoms with Gasteiger partial charge in [0, 0.05) is 29.2 Å². The predicted molar refractivity (Wildman–Crippen MR) is 139 cm³/mol. The Morgan fingerprint density at radius 2 is 1.81 bits per heavy atom. The Hall–Kier alpha value is -3.07. The summed E-state index contributed by atoms with van der Waals surface area (Å²) in [6.07, 6.45) is 1.23. The molecule has 1 aliphatic rings. The molecule has 0 saturated carbocycles. The van der Waals surface area contributed by atoms with Crippen LogP contribution in [0.25, 0.3) is 16.9 Å². The van der Waals surface area contributed by atoms with Gasteiger partial charge in [0.25, 0.3) is 5.91 Å². The molecule has 8 nitrogen and oxygen atoms in total. The second-order valence-corrected chi connectivity index (χ2v) is 9.36. The summed E-state index contributed by atoms with van der Waals surface area (Å²) in [4.78, 5) is 25.3. The van der Waals surface area contributed by atoms with E-state index in [9.17, 15) is 9.59 Å². The summed E-state index contributed by atoms with van der Waals surface area (Å²) >= 11 is 12.6. The second-order valence-electron chi connectivity index (χ2n) is 8.51. The van der Waals surface area contributed by atoms with Crippen molar-refractivity contribution < 1.29 is 19.1 Å². The molecule has 2 heterocycles. The second kappa shape index (κ2) is 11.3. The van der Waals surface area contributed by atoms with Crippen LogP contribution in [0.3, 0.4) is 0 Å². The molecule has 190 valence electrons. The largest absolute Gasteiger partial charge is 0.497 e. The van der Waals surface area contributed by atoms with E-state index in [4.69, 9.17) is 32.7 Å². The van der Waals surface area contributed by atoms with Crippen molar-refractivity contribution in [1.82, 2.24) is 20.2 Å². The highest BCUT2D eigenvalue weighted by Gasteiger charge is 2.29. The van der Waals surface area contributed by atoms with E-state index < -0.39 is 0 Å². The Kier molecular flexibility index (Phi) is 8.18. The first-order valence-corrected chi connectivity index (χ1v) is 12.5. The lowest BCUT2D eigenvalue weighted by molar-refractivity contribution is -0.149. The van der Waals surface area contributed by atoms with Gasteiger partial charge in [-0.1, -0.05) is 23.2 Å². The van der Waals surface area contributed by atoms with Crippen LogP contribution in [0.5, 0.6) is 5.75 Å². The number of piperidine rings is 1. The molecular formula is C26H28Cl2N4O4. The molecule has 0 unspecified atom stereocenters. The van der Waals surface area contributed by atoms with Crippen molar-refractivity contribution in [1.29, 1.82) is 0 Å². The van der Waals surface area contributed by atoms with Gasteiger partial charge in [-0.25, -0.2) is 9.69 Å². The number of amides is 1. The number of halogens is 2. The SMILES string of the molecule is CCOC(=O)C1CCN(NC(=O)c2nn(-c3ccc(Cl)cc3Cl)c(-c3ccc(OC)cc3)c2C)CC1. The number of aromatic nitrogens is 2. The van der Waals surface area contributed by atoms with E-state index in [0.717, 1.165) is 17.0 Å². The smallest absolute Gasteiger partial charge is 0.309 e. The van der Waals surface area contributed by atoms with E-state index in [0.29, 0.717) is 53.8 Å². The number of benzene rings is 2. The molecule has 4 rings (SSSR count). The van der Waals surface area contributed by atoms with Gasteiger partial charge in [-0.15, -0.1) is 0 Å². The van der Waals surface area contributed by atoms with Crippen LogP contribution in [0.1, 0.15) is 35.8 Å². The van der Waals surface area contributed by atoms with Crippen molar-refractivity contribution in [3.63, 3.8) is 0 Å². The molecule has 1 fully saturated rings. The Balaban J connectivity index is 1.63. The Morgan fingerprint density at radius 1 is 1.11 bits per heavy atom. The predicted octanol–water partition coefficient (Wildman–Crippen LogP) is 5.08. The first-order valence-electron chi connectivity index (χ1n) is 11.7. The average Bonchev–Trinajstić information content (AvgIpc) is 3.21. The van der Waals surface area contributed by atoms with Crippen LogP contribution in [-0.2, 0) is 9.53 Å². The number of carbonyl (C=O) groups excluding carboxylic acids is 2. The first-order chi connectivity index (χ1) is 17.3. The topological polar surface area (TPSA) is 85.7 Å². The standard InChI is InChI=1S/C26H28Cl2N4O4/c1-4-36-26(34)18-11-13-31(14-12-18)30-25(33)23-16(2)24(17-5-8-20(35-3)9-6-17)32(29-23)22-10-7-19(27)15-21(22)28/h5-10,15,18H,4,11-14H2,1-3H3,(H,30,33). The maximum Gasteiger partial charge on any atom is 0.309 e. The summed E-state index contributed by atoms with van der Waals surface area (Å²) < 4.78 is 12.1. The van der Waals surface area contributed by atoms with E-state index >= 15 is 0 Å². The van der Waals surface area contributed by atoms with Gasteiger partial charge in [0.2, 0.25) is 0 Å². The van der Waals surface area contributed by atoms with Gasteiger partial charge < -0.3 is 9.47 Å². The van der Waals surface area contributed by atoms with Crippen molar-refractivity contribution in [2.24, 2.45) is 5.92 Å². The van der Waals surface area contributed by atoms with Crippen LogP contribution in [-0.4, -0.2) is 53.5 Å². The summed E-state index contributed by atoms with van der Waals surface area (Å²) in [5.41, 5.74) is 6.10. The number of nitrogens with zero attached hydrogens (tertiary/aromatic N) is 3. The van der Waals surface area contributed by atoms with Crippen molar-refractivity contribution in [3.8, 4) is 22.7 Å². The first kappa shape index (κ1) is 26.0. The van der Waals surface area contributed by atoms with Crippen molar-refractivity contribution in [2.75, 3.05) is 26.8 Å². The van der Waals surface area contributed by atoms with Crippen LogP contribution >= 0.6 is 23.2 Å². The van der Waals surface area contributed by atoms with Crippen molar-refractivity contribution in [3.05, 3.63) is 63.8 Å². The molecule has 1 aliphatic heterocycles. The maximum absolute atomic E-state index is 13.3. The number of hydrogen-bond donors (Lipinski definition) is 1. The highest BCUT2D eigenvalue weighted by atomic mass is 35.5. The number of nitrogens with one attached hydrogen (secondary N) is 1. The van der Waals surface area contributed by atoms with E-state index in [-0.39, 0.29) is 23.5 Å². The fraction of sp³-hybridized carbons (Fsp3) is 0.346. The molecule has 1 amide bonds. The van der Waals surface area contributed by atoms with Crippen LogP contribution in [0, 0.1) is 12.8 Å². The molecule has 10 heteroatoms. The zero-order valence-corrected chi connectivity index (χ0v) is 21.9. The minimum atomic E-state index is -0.333. The highest BCUT2D eigenvalue weighted by molar-refractivity contribution is 6.35. The molecule has 3 aromatic rings. The van der Waals surface area contributed by atoms with Crippen molar-refractivity contribution in [2.45, 2.75) is 26.7 Å². The van der Waals surface area contributed by atoms with E-state index in [1.807, 2.05) is 36.2 Å². The number of hydrazine groups is 1. The average molecular weight is 531 g/mol. The van der Waals surface area contributed by atoms with Crippen molar-refractivity contribution >= 4 is 35.1 Å². The number of ether oxygens (including phenoxy) is 2. The molecule has 0 spiro atoms. The quantitative estimate of drug-likeness (QED) is 0.428. The summed E-state index contributed by atoms with van der Waals surface area (Å²) in [6, 6.07) is 12.7. The van der Waals surface area contributed by atoms with Gasteiger partial charge >= 0.3 is 5.97 Å². The number of carbonyl (C=O) groups is 2. The number of hydrogen-bond acceptors (Lipinski definition) is 6. The lowest BCUT2D eigenvalue weighted by atomic mass is 9.98. The van der Waals surface area contributed by atoms with Crippen LogP contribution in [0.15, 0.2) is 42.5 Å². The number of rotatable bonds is 7. The Labute approximate surface area is 220 Å². The third-order valence-electron chi connectivity index (χ3n) is 6.21. The molecule has 1 N–H and O–H groups in total. The van der Waals surface area contributed by atoms with E-state index in [1.165, 1.54) is 0 Å². The fourth-order valence-corrected chi connectivity index (χ4v) is 4.80. The molecule has 1 aromatic heterocycles. The summed E-state index contributed by atoms with van der Waals surface area (Å²) in [7, 11) is 1.61. The third-order valence-corrected chi connectivity index (χ3v) is 6.75. The maximum atomic E-state index is 13.3. The van der Waals surface area contributed by atoms with Gasteiger partial charge in [-0.3, -0.25) is 15.0 Å². The van der Waals surface area contributed by atoms with Crippen LogP contribution in [0.2, 0.25) is 10.0 Å². The molecule has 36 heavy (non-hydrogen) atoms. The van der Waals surface area contributed by atoms with Gasteiger partial charge in [0.05, 0.1) is 36.0 Å². The number of methoxy groups -OCH3 is 1. The van der Waals surface area contributed by atoms with E-state index in [2.05, 4.69) is 10.5 Å². The minimum absolute atomic E-state index is 0.146. The normalized spacial score (nSPS) is 14.5. The monoisotopic (exact) mass is 530 g/mol. The highest BCUT2D eigenvalue weighted by Crippen LogP contribution is 2.33. The zero-order chi connectivity index (χ0) is 25.8. The fourth-order valence-electron chi connectivity index (χ4n) is 4.31. The Bertz CT molecular complexity index is 1250. The molecule has 0 atom stereocenters. The minimum Gasteiger partial charge on any atom is -0.497 e. The number of esters is 1. The molecule has 0 aliphatic carbocycles. The summed E-state index contributed by atoms with van der Waals surface area (Å²) in [5, 5.41) is 7.40. The van der Waals surface area contributed by atoms with E-state index in [1.54, 1.807) is 36.9 Å². The van der Waals surface area contributed by atoms with Gasteiger partial charge in [-0.05, 0) is 69.2 Å². The molecule has 0 bridgehead atoms. The summed E-state index contributed by atoms with van der Waals surface area (Å²) in [5.74, 6) is 0.0617. The summed E-state index contributed by atoms with van der Waals surface area (Å²) in [6.45, 7) is 5.11. The molecular weight excluding hydrogens is 503 g/mol. The molecule has 0 radical (unpaired) electrons. The lowest BCUT2D eigenvalue weighted by Crippen LogP contribution is -2.48. The van der Waals surface area contributed by atoms with Gasteiger partial charge in [-0.2, -0.15) is 5.10 Å². The van der Waals surface area contributed by atoms with Crippen LogP contribution in [0.4, 0.5) is 0 Å². The lowest BCUT2D eigenvalue weighted by Gasteiger charge is -2.30. The zero-order valence-electron chi connectivity index (χ0n) is 20.4. The molecule has 1 saturated heterocycles. The Morgan fingerprint density at radius 3 is 2.42 bits per heavy atom. The van der Waals surface area contributed by atoms with Gasteiger partial charge in [0.15, 0.2) is 5.69 Å². The molecule has 2 aromatic carbocycles. The van der Waals surface area contributed by atoms with Gasteiger partial charge in [0.1, 0.15) is 5.75 Å². The van der Waals surface area contributed by atoms with Crippen LogP contribution < -0.4 is 10.2 Å². The third kappa shape index (κ3) is 5.51.